The smallest absolute Gasteiger partial charge is 0.0281 e. The van der Waals surface area contributed by atoms with Gasteiger partial charge in [-0.2, -0.15) is 0 Å². The average Bonchev–Trinajstić information content (AvgIpc) is 2.22. The molecule has 14 heavy (non-hydrogen) atoms. The monoisotopic (exact) mass is 191 g/mol. The zero-order valence-corrected chi connectivity index (χ0v) is 9.15. The molecule has 0 radical (unpaired) electrons. The van der Waals surface area contributed by atoms with Crippen molar-refractivity contribution in [1.29, 1.82) is 0 Å². The Kier molecular flexibility index (Phi) is 2.16. The molecule has 4 atom stereocenters. The number of hydrogen-bond acceptors (Lipinski definition) is 1. The lowest BCUT2D eigenvalue weighted by Gasteiger charge is -2.39. The molecule has 0 bridgehead atoms. The minimum Gasteiger partial charge on any atom is -0.296 e. The van der Waals surface area contributed by atoms with Gasteiger partial charge < -0.3 is 0 Å². The summed E-state index contributed by atoms with van der Waals surface area (Å²) in [7, 11) is 0. The minimum absolute atomic E-state index is 0.793. The second kappa shape index (κ2) is 3.37. The van der Waals surface area contributed by atoms with E-state index in [1.807, 2.05) is 0 Å². The molecule has 0 aromatic carbocycles. The summed E-state index contributed by atoms with van der Waals surface area (Å²) in [6, 6.07) is 0.793. The maximum Gasteiger partial charge on any atom is 0.0281 e. The molecular weight excluding hydrogens is 170 g/mol. The van der Waals surface area contributed by atoms with Gasteiger partial charge in [0.1, 0.15) is 0 Å². The van der Waals surface area contributed by atoms with Crippen molar-refractivity contribution in [3.8, 4) is 0 Å². The minimum atomic E-state index is 0.793. The fourth-order valence-electron chi connectivity index (χ4n) is 3.69. The van der Waals surface area contributed by atoms with E-state index < -0.39 is 0 Å². The van der Waals surface area contributed by atoms with Gasteiger partial charge in [-0.1, -0.05) is 19.1 Å². The molecule has 1 saturated carbocycles. The van der Waals surface area contributed by atoms with Gasteiger partial charge in [-0.15, -0.1) is 0 Å². The molecule has 2 heterocycles. The molecule has 2 fully saturated rings. The van der Waals surface area contributed by atoms with Crippen molar-refractivity contribution in [2.24, 2.45) is 17.8 Å². The molecule has 3 rings (SSSR count). The number of fused-ring (bicyclic) bond motifs is 2. The Morgan fingerprint density at radius 2 is 2.21 bits per heavy atom. The molecule has 1 aliphatic carbocycles. The van der Waals surface area contributed by atoms with Crippen LogP contribution >= 0.6 is 0 Å². The van der Waals surface area contributed by atoms with Crippen LogP contribution in [0.5, 0.6) is 0 Å². The first-order valence-electron chi connectivity index (χ1n) is 6.25. The maximum atomic E-state index is 2.73. The molecule has 0 amide bonds. The van der Waals surface area contributed by atoms with Crippen molar-refractivity contribution < 1.29 is 0 Å². The predicted octanol–water partition coefficient (Wildman–Crippen LogP) is 2.68. The third-order valence-electron chi connectivity index (χ3n) is 4.68. The van der Waals surface area contributed by atoms with E-state index >= 15 is 0 Å². The van der Waals surface area contributed by atoms with Gasteiger partial charge in [0.15, 0.2) is 0 Å². The highest BCUT2D eigenvalue weighted by molar-refractivity contribution is 5.04. The van der Waals surface area contributed by atoms with Gasteiger partial charge in [0, 0.05) is 19.1 Å². The first-order valence-corrected chi connectivity index (χ1v) is 6.25. The van der Waals surface area contributed by atoms with Crippen molar-refractivity contribution in [3.05, 3.63) is 12.2 Å². The lowest BCUT2D eigenvalue weighted by atomic mass is 9.66. The van der Waals surface area contributed by atoms with Crippen LogP contribution in [0.3, 0.4) is 0 Å². The SMILES string of the molecule is CC1CN2CCC=CC2CC2CCC12. The van der Waals surface area contributed by atoms with Gasteiger partial charge in [-0.3, -0.25) is 4.90 Å². The molecule has 0 aromatic heterocycles. The standard InChI is InChI=1S/C13H21N/c1-10-9-14-7-3-2-4-12(14)8-11-5-6-13(10)11/h2,4,10-13H,3,5-9H2,1H3. The zero-order valence-electron chi connectivity index (χ0n) is 9.15. The van der Waals surface area contributed by atoms with Crippen LogP contribution in [0.25, 0.3) is 0 Å². The molecule has 0 spiro atoms. The zero-order chi connectivity index (χ0) is 9.54. The summed E-state index contributed by atoms with van der Waals surface area (Å²) in [5, 5.41) is 0. The molecule has 2 aliphatic heterocycles. The van der Waals surface area contributed by atoms with Crippen molar-refractivity contribution in [2.75, 3.05) is 13.1 Å². The van der Waals surface area contributed by atoms with Crippen LogP contribution in [-0.4, -0.2) is 24.0 Å². The summed E-state index contributed by atoms with van der Waals surface area (Å²) in [4.78, 5) is 2.73. The van der Waals surface area contributed by atoms with Crippen LogP contribution in [0.1, 0.15) is 32.6 Å². The summed E-state index contributed by atoms with van der Waals surface area (Å²) in [6.07, 6.45) is 10.6. The average molecular weight is 191 g/mol. The summed E-state index contributed by atoms with van der Waals surface area (Å²) in [5.74, 6) is 3.07. The molecule has 4 unspecified atom stereocenters. The third-order valence-corrected chi connectivity index (χ3v) is 4.68. The second-order valence-corrected chi connectivity index (χ2v) is 5.49. The van der Waals surface area contributed by atoms with Gasteiger partial charge in [0.2, 0.25) is 0 Å². The Balaban J connectivity index is 1.80. The van der Waals surface area contributed by atoms with E-state index in [4.69, 9.17) is 0 Å². The number of nitrogens with zero attached hydrogens (tertiary/aromatic N) is 1. The highest BCUT2D eigenvalue weighted by Gasteiger charge is 2.40. The molecule has 1 saturated heterocycles. The molecule has 0 N–H and O–H groups in total. The van der Waals surface area contributed by atoms with Crippen LogP contribution in [-0.2, 0) is 0 Å². The van der Waals surface area contributed by atoms with E-state index in [1.54, 1.807) is 0 Å². The molecule has 78 valence electrons. The van der Waals surface area contributed by atoms with Crippen LogP contribution in [0.15, 0.2) is 12.2 Å². The van der Waals surface area contributed by atoms with Gasteiger partial charge in [0.05, 0.1) is 0 Å². The maximum absolute atomic E-state index is 2.73. The summed E-state index contributed by atoms with van der Waals surface area (Å²) >= 11 is 0. The Morgan fingerprint density at radius 3 is 3.00 bits per heavy atom. The van der Waals surface area contributed by atoms with Gasteiger partial charge >= 0.3 is 0 Å². The van der Waals surface area contributed by atoms with E-state index in [0.717, 1.165) is 23.8 Å². The van der Waals surface area contributed by atoms with Crippen LogP contribution in [0, 0.1) is 17.8 Å². The van der Waals surface area contributed by atoms with Crippen LogP contribution < -0.4 is 0 Å². The Bertz CT molecular complexity index is 246. The van der Waals surface area contributed by atoms with Gasteiger partial charge in [-0.25, -0.2) is 0 Å². The number of rotatable bonds is 0. The van der Waals surface area contributed by atoms with Crippen LogP contribution in [0.4, 0.5) is 0 Å². The number of hydrogen-bond donors (Lipinski definition) is 0. The molecule has 3 aliphatic rings. The Hall–Kier alpha value is -0.300. The summed E-state index contributed by atoms with van der Waals surface area (Å²) < 4.78 is 0. The van der Waals surface area contributed by atoms with Crippen molar-refractivity contribution >= 4 is 0 Å². The fourth-order valence-corrected chi connectivity index (χ4v) is 3.69. The molecule has 1 heteroatoms. The van der Waals surface area contributed by atoms with Crippen LogP contribution in [0.2, 0.25) is 0 Å². The largest absolute Gasteiger partial charge is 0.296 e. The Labute approximate surface area is 87.2 Å². The molecular formula is C13H21N. The topological polar surface area (TPSA) is 3.24 Å². The normalized spacial score (nSPS) is 47.5. The second-order valence-electron chi connectivity index (χ2n) is 5.49. The first-order chi connectivity index (χ1) is 6.84. The van der Waals surface area contributed by atoms with Gasteiger partial charge in [-0.05, 0) is 43.4 Å². The predicted molar refractivity (Wildman–Crippen MR) is 59.1 cm³/mol. The highest BCUT2D eigenvalue weighted by atomic mass is 15.2. The fraction of sp³-hybridized carbons (Fsp3) is 0.846. The highest BCUT2D eigenvalue weighted by Crippen LogP contribution is 2.45. The first kappa shape index (κ1) is 8.96. The molecule has 1 nitrogen and oxygen atoms in total. The van der Waals surface area contributed by atoms with Gasteiger partial charge in [0.25, 0.3) is 0 Å². The lowest BCUT2D eigenvalue weighted by Crippen LogP contribution is -2.38. The lowest BCUT2D eigenvalue weighted by molar-refractivity contribution is 0.120. The van der Waals surface area contributed by atoms with E-state index in [0.29, 0.717) is 0 Å². The summed E-state index contributed by atoms with van der Waals surface area (Å²) in [6.45, 7) is 5.14. The van der Waals surface area contributed by atoms with Crippen molar-refractivity contribution in [3.63, 3.8) is 0 Å². The van der Waals surface area contributed by atoms with E-state index in [9.17, 15) is 0 Å². The van der Waals surface area contributed by atoms with Crippen molar-refractivity contribution in [1.82, 2.24) is 4.90 Å². The third kappa shape index (κ3) is 1.33. The molecule has 0 aromatic rings. The Morgan fingerprint density at radius 1 is 1.29 bits per heavy atom. The van der Waals surface area contributed by atoms with E-state index in [2.05, 4.69) is 24.0 Å². The quantitative estimate of drug-likeness (QED) is 0.532. The summed E-state index contributed by atoms with van der Waals surface area (Å²) in [5.41, 5.74) is 0. The van der Waals surface area contributed by atoms with E-state index in [1.165, 1.54) is 38.8 Å². The van der Waals surface area contributed by atoms with Crippen molar-refractivity contribution in [2.45, 2.75) is 38.6 Å². The van der Waals surface area contributed by atoms with E-state index in [-0.39, 0.29) is 0 Å².